The highest BCUT2D eigenvalue weighted by Gasteiger charge is 2.18. The molecule has 7 heteroatoms. The van der Waals surface area contributed by atoms with Gasteiger partial charge in [-0.1, -0.05) is 23.4 Å². The molecule has 2 N–H and O–H groups in total. The van der Waals surface area contributed by atoms with Crippen LogP contribution in [0.15, 0.2) is 23.2 Å². The maximum Gasteiger partial charge on any atom is 0.237 e. The summed E-state index contributed by atoms with van der Waals surface area (Å²) in [6.45, 7) is 3.45. The molecule has 1 aliphatic rings. The van der Waals surface area contributed by atoms with E-state index in [1.165, 1.54) is 11.8 Å². The van der Waals surface area contributed by atoms with E-state index < -0.39 is 0 Å². The molecular weight excluding hydrogens is 298 g/mol. The van der Waals surface area contributed by atoms with E-state index in [4.69, 9.17) is 16.3 Å². The number of carbonyl (C=O) groups is 1. The summed E-state index contributed by atoms with van der Waals surface area (Å²) in [6, 6.07) is 5.14. The van der Waals surface area contributed by atoms with Gasteiger partial charge in [-0.05, 0) is 25.1 Å². The maximum atomic E-state index is 12.1. The predicted molar refractivity (Wildman–Crippen MR) is 84.0 cm³/mol. The number of hydrogen-bond donors (Lipinski definition) is 2. The molecule has 1 aromatic rings. The van der Waals surface area contributed by atoms with Crippen molar-refractivity contribution >= 4 is 40.1 Å². The summed E-state index contributed by atoms with van der Waals surface area (Å²) < 4.78 is 5.07. The zero-order chi connectivity index (χ0) is 14.5. The number of halogens is 1. The molecule has 0 aliphatic carbocycles. The van der Waals surface area contributed by atoms with Crippen LogP contribution in [0.25, 0.3) is 0 Å². The molecule has 0 fully saturated rings. The van der Waals surface area contributed by atoms with Gasteiger partial charge in [-0.15, -0.1) is 0 Å². The number of nitrogens with one attached hydrogen (secondary N) is 2. The summed E-state index contributed by atoms with van der Waals surface area (Å²) in [4.78, 5) is 16.3. The van der Waals surface area contributed by atoms with Crippen molar-refractivity contribution in [2.45, 2.75) is 12.2 Å². The number of rotatable bonds is 4. The van der Waals surface area contributed by atoms with Crippen molar-refractivity contribution in [2.24, 2.45) is 4.99 Å². The maximum absolute atomic E-state index is 12.1. The number of benzene rings is 1. The highest BCUT2D eigenvalue weighted by molar-refractivity contribution is 8.14. The number of thioether (sulfide) groups is 1. The van der Waals surface area contributed by atoms with Crippen molar-refractivity contribution < 1.29 is 9.53 Å². The predicted octanol–water partition coefficient (Wildman–Crippen LogP) is 2.37. The summed E-state index contributed by atoms with van der Waals surface area (Å²) in [6.07, 6.45) is 0. The molecule has 0 spiro atoms. The van der Waals surface area contributed by atoms with Crippen LogP contribution in [0.2, 0.25) is 5.02 Å². The third-order valence-corrected chi connectivity index (χ3v) is 4.08. The van der Waals surface area contributed by atoms with Gasteiger partial charge in [-0.2, -0.15) is 0 Å². The van der Waals surface area contributed by atoms with Crippen molar-refractivity contribution in [3.05, 3.63) is 23.2 Å². The van der Waals surface area contributed by atoms with E-state index in [1.807, 2.05) is 6.92 Å². The third kappa shape index (κ3) is 3.80. The second-order valence-electron chi connectivity index (χ2n) is 4.21. The van der Waals surface area contributed by atoms with E-state index in [0.29, 0.717) is 16.5 Å². The molecule has 20 heavy (non-hydrogen) atoms. The molecule has 0 saturated carbocycles. The van der Waals surface area contributed by atoms with Crippen LogP contribution in [0, 0.1) is 0 Å². The zero-order valence-corrected chi connectivity index (χ0v) is 12.8. The van der Waals surface area contributed by atoms with Crippen molar-refractivity contribution in [1.29, 1.82) is 0 Å². The van der Waals surface area contributed by atoms with Crippen LogP contribution in [0.4, 0.5) is 5.69 Å². The van der Waals surface area contributed by atoms with Crippen LogP contribution in [0.1, 0.15) is 6.92 Å². The zero-order valence-electron chi connectivity index (χ0n) is 11.3. The molecule has 1 unspecified atom stereocenters. The van der Waals surface area contributed by atoms with Crippen molar-refractivity contribution in [3.8, 4) is 5.75 Å². The van der Waals surface area contributed by atoms with Crippen molar-refractivity contribution in [2.75, 3.05) is 25.5 Å². The lowest BCUT2D eigenvalue weighted by atomic mass is 10.3. The van der Waals surface area contributed by atoms with Gasteiger partial charge in [0.15, 0.2) is 5.17 Å². The van der Waals surface area contributed by atoms with Gasteiger partial charge in [0.1, 0.15) is 5.75 Å². The van der Waals surface area contributed by atoms with Gasteiger partial charge < -0.3 is 15.4 Å². The van der Waals surface area contributed by atoms with Gasteiger partial charge in [-0.25, -0.2) is 0 Å². The first kappa shape index (κ1) is 15.0. The first-order valence-electron chi connectivity index (χ1n) is 6.19. The summed E-state index contributed by atoms with van der Waals surface area (Å²) in [5.41, 5.74) is 0.648. The summed E-state index contributed by atoms with van der Waals surface area (Å²) in [5.74, 6) is 0.490. The number of anilines is 1. The number of aliphatic imine (C=N–C) groups is 1. The number of ether oxygens (including phenoxy) is 1. The third-order valence-electron chi connectivity index (χ3n) is 2.72. The minimum absolute atomic E-state index is 0.0902. The lowest BCUT2D eigenvalue weighted by molar-refractivity contribution is -0.115. The summed E-state index contributed by atoms with van der Waals surface area (Å²) in [7, 11) is 1.55. The lowest BCUT2D eigenvalue weighted by Gasteiger charge is -2.12. The smallest absolute Gasteiger partial charge is 0.237 e. The Kier molecular flexibility index (Phi) is 5.14. The fourth-order valence-electron chi connectivity index (χ4n) is 1.66. The Balaban J connectivity index is 1.94. The molecule has 0 radical (unpaired) electrons. The number of amidine groups is 1. The molecule has 0 bridgehead atoms. The number of carbonyl (C=O) groups excluding carboxylic acids is 1. The number of hydrogen-bond acceptors (Lipinski definition) is 5. The first-order chi connectivity index (χ1) is 9.60. The summed E-state index contributed by atoms with van der Waals surface area (Å²) in [5, 5.41) is 7.00. The van der Waals surface area contributed by atoms with E-state index in [9.17, 15) is 4.79 Å². The van der Waals surface area contributed by atoms with E-state index in [1.54, 1.807) is 25.3 Å². The lowest BCUT2D eigenvalue weighted by Crippen LogP contribution is -2.26. The minimum atomic E-state index is -0.236. The average molecular weight is 314 g/mol. The van der Waals surface area contributed by atoms with Gasteiger partial charge in [0.25, 0.3) is 0 Å². The molecule has 2 rings (SSSR count). The van der Waals surface area contributed by atoms with Crippen LogP contribution in [0.3, 0.4) is 0 Å². The number of methoxy groups -OCH3 is 1. The second-order valence-corrected chi connectivity index (χ2v) is 5.95. The molecule has 1 heterocycles. The highest BCUT2D eigenvalue weighted by atomic mass is 35.5. The molecule has 1 atom stereocenters. The Labute approximate surface area is 127 Å². The summed E-state index contributed by atoms with van der Waals surface area (Å²) >= 11 is 7.43. The molecule has 5 nitrogen and oxygen atoms in total. The SMILES string of the molecule is COc1ccc(NC(=O)C(C)SC2=NCCN2)cc1Cl. The molecule has 1 aliphatic heterocycles. The van der Waals surface area contributed by atoms with Gasteiger partial charge in [0.2, 0.25) is 5.91 Å². The first-order valence-corrected chi connectivity index (χ1v) is 7.45. The molecule has 1 aromatic carbocycles. The Morgan fingerprint density at radius 3 is 3.00 bits per heavy atom. The van der Waals surface area contributed by atoms with Crippen LogP contribution in [-0.4, -0.2) is 36.5 Å². The molecule has 1 amide bonds. The van der Waals surface area contributed by atoms with Gasteiger partial charge in [0, 0.05) is 12.2 Å². The highest BCUT2D eigenvalue weighted by Crippen LogP contribution is 2.27. The van der Waals surface area contributed by atoms with Gasteiger partial charge in [-0.3, -0.25) is 9.79 Å². The minimum Gasteiger partial charge on any atom is -0.495 e. The molecule has 0 saturated heterocycles. The van der Waals surface area contributed by atoms with Crippen molar-refractivity contribution in [1.82, 2.24) is 5.32 Å². The standard InChI is InChI=1S/C13H16ClN3O2S/c1-8(20-13-15-5-6-16-13)12(18)17-9-3-4-11(19-2)10(14)7-9/h3-4,7-8H,5-6H2,1-2H3,(H,15,16)(H,17,18). The Morgan fingerprint density at radius 1 is 1.60 bits per heavy atom. The second kappa shape index (κ2) is 6.85. The van der Waals surface area contributed by atoms with E-state index >= 15 is 0 Å². The normalized spacial score (nSPS) is 15.2. The van der Waals surface area contributed by atoms with Crippen LogP contribution >= 0.6 is 23.4 Å². The quantitative estimate of drug-likeness (QED) is 0.896. The molecule has 108 valence electrons. The van der Waals surface area contributed by atoms with E-state index in [2.05, 4.69) is 15.6 Å². The Morgan fingerprint density at radius 2 is 2.40 bits per heavy atom. The van der Waals surface area contributed by atoms with E-state index in [0.717, 1.165) is 18.3 Å². The largest absolute Gasteiger partial charge is 0.495 e. The fourth-order valence-corrected chi connectivity index (χ4v) is 2.77. The van der Waals surface area contributed by atoms with Crippen molar-refractivity contribution in [3.63, 3.8) is 0 Å². The van der Waals surface area contributed by atoms with E-state index in [-0.39, 0.29) is 11.2 Å². The number of nitrogens with zero attached hydrogens (tertiary/aromatic N) is 1. The fraction of sp³-hybridized carbons (Fsp3) is 0.385. The monoisotopic (exact) mass is 313 g/mol. The van der Waals surface area contributed by atoms with Crippen LogP contribution < -0.4 is 15.4 Å². The van der Waals surface area contributed by atoms with Crippen LogP contribution in [0.5, 0.6) is 5.75 Å². The van der Waals surface area contributed by atoms with Crippen LogP contribution in [-0.2, 0) is 4.79 Å². The molecular formula is C13H16ClN3O2S. The van der Waals surface area contributed by atoms with Gasteiger partial charge >= 0.3 is 0 Å². The molecule has 0 aromatic heterocycles. The number of amides is 1. The Hall–Kier alpha value is -1.40. The Bertz CT molecular complexity index is 536. The average Bonchev–Trinajstić information content (AvgIpc) is 2.91. The topological polar surface area (TPSA) is 62.7 Å². The van der Waals surface area contributed by atoms with Gasteiger partial charge in [0.05, 0.1) is 23.9 Å².